The summed E-state index contributed by atoms with van der Waals surface area (Å²) in [6, 6.07) is 14.4. The van der Waals surface area contributed by atoms with Gasteiger partial charge in [0.15, 0.2) is 5.13 Å². The molecule has 1 amide bonds. The van der Waals surface area contributed by atoms with E-state index < -0.39 is 0 Å². The van der Waals surface area contributed by atoms with E-state index in [2.05, 4.69) is 56.9 Å². The first kappa shape index (κ1) is 20.5. The maximum atomic E-state index is 13.3. The number of hydrogen-bond acceptors (Lipinski definition) is 4. The van der Waals surface area contributed by atoms with Gasteiger partial charge < -0.3 is 4.90 Å². The fourth-order valence-electron chi connectivity index (χ4n) is 3.33. The van der Waals surface area contributed by atoms with Crippen molar-refractivity contribution in [2.45, 2.75) is 34.1 Å². The predicted octanol–water partition coefficient (Wildman–Crippen LogP) is 4.83. The Balaban J connectivity index is 1.88. The Hall–Kier alpha value is -2.24. The molecule has 0 N–H and O–H groups in total. The highest BCUT2D eigenvalue weighted by molar-refractivity contribution is 7.22. The van der Waals surface area contributed by atoms with Gasteiger partial charge in [-0.2, -0.15) is 0 Å². The van der Waals surface area contributed by atoms with E-state index >= 15 is 0 Å². The second-order valence-corrected chi connectivity index (χ2v) is 8.15. The van der Waals surface area contributed by atoms with Crippen molar-refractivity contribution in [2.24, 2.45) is 0 Å². The van der Waals surface area contributed by atoms with Crippen LogP contribution in [0.3, 0.4) is 0 Å². The van der Waals surface area contributed by atoms with Crippen molar-refractivity contribution in [3.05, 3.63) is 59.2 Å². The molecule has 0 spiro atoms. The first-order valence-electron chi connectivity index (χ1n) is 9.96. The number of carbonyl (C=O) groups excluding carboxylic acids is 1. The van der Waals surface area contributed by atoms with Crippen LogP contribution >= 0.6 is 11.3 Å². The summed E-state index contributed by atoms with van der Waals surface area (Å²) in [7, 11) is 0. The summed E-state index contributed by atoms with van der Waals surface area (Å²) in [4.78, 5) is 22.3. The minimum Gasteiger partial charge on any atom is -0.302 e. The molecule has 0 saturated heterocycles. The second kappa shape index (κ2) is 9.30. The Kier molecular flexibility index (Phi) is 6.81. The van der Waals surface area contributed by atoms with Gasteiger partial charge in [-0.25, -0.2) is 4.98 Å². The van der Waals surface area contributed by atoms with Gasteiger partial charge in [0.05, 0.1) is 16.6 Å². The van der Waals surface area contributed by atoms with Crippen molar-refractivity contribution >= 4 is 32.6 Å². The minimum atomic E-state index is 0.111. The standard InChI is InChI=1S/C23H29N3OS/c1-5-25(6-2)13-14-26(23-24-20-9-7-8-10-21(20)28-23)22(27)16-19-15-17(3)11-12-18(19)4/h7-12,15H,5-6,13-14,16H2,1-4H3. The Morgan fingerprint density at radius 2 is 1.79 bits per heavy atom. The first-order valence-corrected chi connectivity index (χ1v) is 10.8. The second-order valence-electron chi connectivity index (χ2n) is 7.14. The molecule has 148 valence electrons. The SMILES string of the molecule is CCN(CC)CCN(C(=O)Cc1cc(C)ccc1C)c1nc2ccccc2s1. The number of aryl methyl sites for hydroxylation is 2. The molecule has 0 radical (unpaired) electrons. The Morgan fingerprint density at radius 1 is 1.04 bits per heavy atom. The molecule has 0 bridgehead atoms. The number of nitrogens with zero attached hydrogens (tertiary/aromatic N) is 3. The van der Waals surface area contributed by atoms with Crippen molar-refractivity contribution < 1.29 is 4.79 Å². The monoisotopic (exact) mass is 395 g/mol. The largest absolute Gasteiger partial charge is 0.302 e. The maximum absolute atomic E-state index is 13.3. The van der Waals surface area contributed by atoms with E-state index in [0.717, 1.165) is 46.1 Å². The van der Waals surface area contributed by atoms with Crippen LogP contribution in [0.2, 0.25) is 0 Å². The van der Waals surface area contributed by atoms with Gasteiger partial charge in [-0.1, -0.05) is 61.1 Å². The highest BCUT2D eigenvalue weighted by Gasteiger charge is 2.21. The molecule has 1 heterocycles. The van der Waals surface area contributed by atoms with E-state index in [1.54, 1.807) is 11.3 Å². The van der Waals surface area contributed by atoms with Gasteiger partial charge >= 0.3 is 0 Å². The third-order valence-corrected chi connectivity index (χ3v) is 6.25. The Labute approximate surface area is 171 Å². The number of para-hydroxylation sites is 1. The number of amides is 1. The van der Waals surface area contributed by atoms with Gasteiger partial charge in [0.2, 0.25) is 5.91 Å². The predicted molar refractivity (Wildman–Crippen MR) is 119 cm³/mol. The molecule has 0 unspecified atom stereocenters. The molecule has 0 aliphatic rings. The number of thiazole rings is 1. The van der Waals surface area contributed by atoms with Crippen molar-refractivity contribution in [1.82, 2.24) is 9.88 Å². The summed E-state index contributed by atoms with van der Waals surface area (Å²) in [5.74, 6) is 0.111. The lowest BCUT2D eigenvalue weighted by Gasteiger charge is -2.25. The highest BCUT2D eigenvalue weighted by atomic mass is 32.1. The number of anilines is 1. The van der Waals surface area contributed by atoms with E-state index in [4.69, 9.17) is 4.98 Å². The Morgan fingerprint density at radius 3 is 2.50 bits per heavy atom. The van der Waals surface area contributed by atoms with Crippen molar-refractivity contribution in [3.8, 4) is 0 Å². The average Bonchev–Trinajstić information content (AvgIpc) is 3.11. The molecular formula is C23H29N3OS. The summed E-state index contributed by atoms with van der Waals surface area (Å²) >= 11 is 1.59. The van der Waals surface area contributed by atoms with Crippen LogP contribution in [0.15, 0.2) is 42.5 Å². The van der Waals surface area contributed by atoms with Crippen LogP contribution < -0.4 is 4.90 Å². The van der Waals surface area contributed by atoms with Crippen molar-refractivity contribution in [1.29, 1.82) is 0 Å². The molecule has 3 rings (SSSR count). The molecule has 3 aromatic rings. The first-order chi connectivity index (χ1) is 13.5. The maximum Gasteiger partial charge on any atom is 0.233 e. The average molecular weight is 396 g/mol. The molecular weight excluding hydrogens is 366 g/mol. The van der Waals surface area contributed by atoms with Crippen molar-refractivity contribution in [3.63, 3.8) is 0 Å². The van der Waals surface area contributed by atoms with Gasteiger partial charge in [-0.15, -0.1) is 0 Å². The summed E-state index contributed by atoms with van der Waals surface area (Å²) in [6.07, 6.45) is 0.404. The highest BCUT2D eigenvalue weighted by Crippen LogP contribution is 2.29. The number of fused-ring (bicyclic) bond motifs is 1. The van der Waals surface area contributed by atoms with Crippen LogP contribution in [0.4, 0.5) is 5.13 Å². The lowest BCUT2D eigenvalue weighted by Crippen LogP contribution is -2.39. The van der Waals surface area contributed by atoms with Crippen molar-refractivity contribution in [2.75, 3.05) is 31.1 Å². The van der Waals surface area contributed by atoms with Crippen LogP contribution in [-0.2, 0) is 11.2 Å². The van der Waals surface area contributed by atoms with E-state index in [1.807, 2.05) is 23.1 Å². The third-order valence-electron chi connectivity index (χ3n) is 5.20. The quantitative estimate of drug-likeness (QED) is 0.548. The minimum absolute atomic E-state index is 0.111. The number of aromatic nitrogens is 1. The summed E-state index contributed by atoms with van der Waals surface area (Å²) in [6.45, 7) is 11.9. The van der Waals surface area contributed by atoms with Crippen LogP contribution in [0.1, 0.15) is 30.5 Å². The van der Waals surface area contributed by atoms with E-state index in [9.17, 15) is 4.79 Å². The molecule has 2 aromatic carbocycles. The van der Waals surface area contributed by atoms with Crippen LogP contribution in [0, 0.1) is 13.8 Å². The lowest BCUT2D eigenvalue weighted by molar-refractivity contribution is -0.118. The zero-order chi connectivity index (χ0) is 20.1. The summed E-state index contributed by atoms with van der Waals surface area (Å²) in [5, 5.41) is 0.795. The van der Waals surface area contributed by atoms with Gasteiger partial charge in [0.1, 0.15) is 0 Å². The number of likely N-dealkylation sites (N-methyl/N-ethyl adjacent to an activating group) is 1. The van der Waals surface area contributed by atoms with Gasteiger partial charge in [-0.3, -0.25) is 9.69 Å². The topological polar surface area (TPSA) is 36.4 Å². The van der Waals surface area contributed by atoms with E-state index in [1.165, 1.54) is 5.56 Å². The molecule has 0 aliphatic carbocycles. The summed E-state index contributed by atoms with van der Waals surface area (Å²) < 4.78 is 1.12. The molecule has 28 heavy (non-hydrogen) atoms. The molecule has 5 heteroatoms. The molecule has 0 fully saturated rings. The van der Waals surface area contributed by atoms with Crippen LogP contribution in [0.25, 0.3) is 10.2 Å². The number of hydrogen-bond donors (Lipinski definition) is 0. The van der Waals surface area contributed by atoms with Crippen LogP contribution in [0.5, 0.6) is 0 Å². The Bertz CT molecular complexity index is 913. The molecule has 0 saturated carbocycles. The molecule has 0 aliphatic heterocycles. The number of carbonyl (C=O) groups is 1. The van der Waals surface area contributed by atoms with E-state index in [0.29, 0.717) is 13.0 Å². The zero-order valence-corrected chi connectivity index (χ0v) is 18.1. The molecule has 1 aromatic heterocycles. The lowest BCUT2D eigenvalue weighted by atomic mass is 10.0. The smallest absolute Gasteiger partial charge is 0.233 e. The summed E-state index contributed by atoms with van der Waals surface area (Å²) in [5.41, 5.74) is 4.39. The molecule has 4 nitrogen and oxygen atoms in total. The molecule has 0 atom stereocenters. The normalized spacial score (nSPS) is 11.3. The van der Waals surface area contributed by atoms with E-state index in [-0.39, 0.29) is 5.91 Å². The van der Waals surface area contributed by atoms with Gasteiger partial charge in [0.25, 0.3) is 0 Å². The third kappa shape index (κ3) is 4.78. The zero-order valence-electron chi connectivity index (χ0n) is 17.2. The number of benzene rings is 2. The fraction of sp³-hybridized carbons (Fsp3) is 0.391. The van der Waals surface area contributed by atoms with Gasteiger partial charge in [-0.05, 0) is 50.2 Å². The van der Waals surface area contributed by atoms with Crippen LogP contribution in [-0.4, -0.2) is 42.0 Å². The van der Waals surface area contributed by atoms with Gasteiger partial charge in [0, 0.05) is 13.1 Å². The fourth-order valence-corrected chi connectivity index (χ4v) is 4.34. The number of rotatable bonds is 8.